The van der Waals surface area contributed by atoms with E-state index in [1.54, 1.807) is 18.2 Å². The van der Waals surface area contributed by atoms with E-state index in [2.05, 4.69) is 5.32 Å². The number of urea groups is 1. The lowest BCUT2D eigenvalue weighted by molar-refractivity contribution is -0.127. The first-order chi connectivity index (χ1) is 10.8. The van der Waals surface area contributed by atoms with Crippen LogP contribution in [-0.4, -0.2) is 31.1 Å². The molecule has 0 saturated heterocycles. The lowest BCUT2D eigenvalue weighted by atomic mass is 10.2. The maximum atomic E-state index is 12.2. The SMILES string of the molecule is CNC(=O)NC(=O)[C@H](C)OC(=O)c1sc2cc(Cl)ccc2c1Cl. The summed E-state index contributed by atoms with van der Waals surface area (Å²) in [6.07, 6.45) is -1.15. The number of hydrogen-bond acceptors (Lipinski definition) is 5. The van der Waals surface area contributed by atoms with E-state index in [0.717, 1.165) is 16.0 Å². The molecular weight excluding hydrogens is 363 g/mol. The third-order valence-electron chi connectivity index (χ3n) is 2.89. The van der Waals surface area contributed by atoms with Crippen LogP contribution in [0.25, 0.3) is 10.1 Å². The molecule has 0 bridgehead atoms. The molecule has 1 heterocycles. The third kappa shape index (κ3) is 3.93. The zero-order valence-corrected chi connectivity index (χ0v) is 14.4. The highest BCUT2D eigenvalue weighted by molar-refractivity contribution is 7.21. The zero-order chi connectivity index (χ0) is 17.1. The van der Waals surface area contributed by atoms with E-state index in [1.165, 1.54) is 14.0 Å². The van der Waals surface area contributed by atoms with Crippen LogP contribution in [0, 0.1) is 0 Å². The Bertz CT molecular complexity index is 790. The summed E-state index contributed by atoms with van der Waals surface area (Å²) in [4.78, 5) is 35.1. The van der Waals surface area contributed by atoms with Gasteiger partial charge in [-0.25, -0.2) is 9.59 Å². The van der Waals surface area contributed by atoms with Crippen LogP contribution in [0.2, 0.25) is 10.0 Å². The highest BCUT2D eigenvalue weighted by Crippen LogP contribution is 2.37. The van der Waals surface area contributed by atoms with Crippen LogP contribution in [0.1, 0.15) is 16.6 Å². The monoisotopic (exact) mass is 374 g/mol. The highest BCUT2D eigenvalue weighted by atomic mass is 35.5. The molecule has 2 rings (SSSR count). The number of esters is 1. The summed E-state index contributed by atoms with van der Waals surface area (Å²) in [6, 6.07) is 4.37. The van der Waals surface area contributed by atoms with Crippen molar-refractivity contribution in [2.75, 3.05) is 7.05 Å². The molecule has 0 fully saturated rings. The number of imide groups is 1. The summed E-state index contributed by atoms with van der Waals surface area (Å²) in [5.74, 6) is -1.48. The van der Waals surface area contributed by atoms with Gasteiger partial charge < -0.3 is 10.1 Å². The third-order valence-corrected chi connectivity index (χ3v) is 4.77. The second kappa shape index (κ2) is 7.16. The van der Waals surface area contributed by atoms with Crippen molar-refractivity contribution >= 4 is 62.5 Å². The van der Waals surface area contributed by atoms with Crippen LogP contribution in [0.5, 0.6) is 0 Å². The minimum Gasteiger partial charge on any atom is -0.448 e. The number of rotatable bonds is 3. The number of benzene rings is 1. The second-order valence-electron chi connectivity index (χ2n) is 4.50. The Morgan fingerprint density at radius 1 is 1.26 bits per heavy atom. The van der Waals surface area contributed by atoms with Gasteiger partial charge in [-0.1, -0.05) is 29.3 Å². The molecule has 9 heteroatoms. The predicted molar refractivity (Wildman–Crippen MR) is 89.3 cm³/mol. The topological polar surface area (TPSA) is 84.5 Å². The van der Waals surface area contributed by atoms with E-state index < -0.39 is 24.0 Å². The number of hydrogen-bond donors (Lipinski definition) is 2. The number of thiophene rings is 1. The number of carbonyl (C=O) groups is 3. The molecule has 122 valence electrons. The lowest BCUT2D eigenvalue weighted by Crippen LogP contribution is -2.43. The van der Waals surface area contributed by atoms with Crippen molar-refractivity contribution in [3.05, 3.63) is 33.1 Å². The fraction of sp³-hybridized carbons (Fsp3) is 0.214. The molecule has 2 N–H and O–H groups in total. The van der Waals surface area contributed by atoms with E-state index in [4.69, 9.17) is 27.9 Å². The van der Waals surface area contributed by atoms with Gasteiger partial charge in [0.15, 0.2) is 6.10 Å². The Kier molecular flexibility index (Phi) is 5.46. The fourth-order valence-electron chi connectivity index (χ4n) is 1.71. The quantitative estimate of drug-likeness (QED) is 0.807. The van der Waals surface area contributed by atoms with Crippen molar-refractivity contribution in [2.45, 2.75) is 13.0 Å². The van der Waals surface area contributed by atoms with Crippen LogP contribution >= 0.6 is 34.5 Å². The van der Waals surface area contributed by atoms with Gasteiger partial charge in [0.05, 0.1) is 5.02 Å². The summed E-state index contributed by atoms with van der Waals surface area (Å²) >= 11 is 13.2. The van der Waals surface area contributed by atoms with Crippen molar-refractivity contribution < 1.29 is 19.1 Å². The molecule has 6 nitrogen and oxygen atoms in total. The Hall–Kier alpha value is -1.83. The lowest BCUT2D eigenvalue weighted by Gasteiger charge is -2.12. The minimum absolute atomic E-state index is 0.170. The molecule has 0 radical (unpaired) electrons. The molecule has 0 aliphatic carbocycles. The number of amides is 3. The first kappa shape index (κ1) is 17.5. The standard InChI is InChI=1S/C14H12Cl2N2O4S/c1-6(12(19)18-14(21)17-2)22-13(20)11-10(16)8-4-3-7(15)5-9(8)23-11/h3-6H,1-2H3,(H2,17,18,19,21)/t6-/m0/s1. The highest BCUT2D eigenvalue weighted by Gasteiger charge is 2.24. The number of fused-ring (bicyclic) bond motifs is 1. The summed E-state index contributed by atoms with van der Waals surface area (Å²) in [7, 11) is 1.36. The molecule has 23 heavy (non-hydrogen) atoms. The van der Waals surface area contributed by atoms with Crippen LogP contribution in [0.15, 0.2) is 18.2 Å². The molecule has 2 aromatic rings. The maximum absolute atomic E-state index is 12.2. The van der Waals surface area contributed by atoms with Gasteiger partial charge in [-0.15, -0.1) is 11.3 Å². The van der Waals surface area contributed by atoms with Gasteiger partial charge in [0.1, 0.15) is 4.88 Å². The van der Waals surface area contributed by atoms with Crippen molar-refractivity contribution in [3.63, 3.8) is 0 Å². The van der Waals surface area contributed by atoms with Gasteiger partial charge in [0, 0.05) is 22.2 Å². The first-order valence-corrected chi connectivity index (χ1v) is 8.01. The molecule has 1 aromatic carbocycles. The normalized spacial score (nSPS) is 11.8. The molecule has 1 atom stereocenters. The fourth-order valence-corrected chi connectivity index (χ4v) is 3.38. The maximum Gasteiger partial charge on any atom is 0.350 e. The van der Waals surface area contributed by atoms with Gasteiger partial charge in [-0.05, 0) is 19.1 Å². The average molecular weight is 375 g/mol. The molecule has 0 spiro atoms. The van der Waals surface area contributed by atoms with Crippen LogP contribution in [0.3, 0.4) is 0 Å². The smallest absolute Gasteiger partial charge is 0.350 e. The number of carbonyl (C=O) groups excluding carboxylic acids is 3. The summed E-state index contributed by atoms with van der Waals surface area (Å²) < 4.78 is 5.78. The molecule has 0 unspecified atom stereocenters. The van der Waals surface area contributed by atoms with Gasteiger partial charge in [-0.3, -0.25) is 10.1 Å². The molecule has 3 amide bonds. The van der Waals surface area contributed by atoms with Crippen molar-refractivity contribution in [1.29, 1.82) is 0 Å². The van der Waals surface area contributed by atoms with Crippen LogP contribution < -0.4 is 10.6 Å². The summed E-state index contributed by atoms with van der Waals surface area (Å²) in [6.45, 7) is 1.36. The van der Waals surface area contributed by atoms with Gasteiger partial charge >= 0.3 is 12.0 Å². The van der Waals surface area contributed by atoms with Crippen molar-refractivity contribution in [1.82, 2.24) is 10.6 Å². The summed E-state index contributed by atoms with van der Waals surface area (Å²) in [5, 5.41) is 5.69. The Morgan fingerprint density at radius 3 is 2.61 bits per heavy atom. The zero-order valence-electron chi connectivity index (χ0n) is 12.1. The van der Waals surface area contributed by atoms with E-state index in [1.807, 2.05) is 5.32 Å². The molecule has 0 saturated carbocycles. The second-order valence-corrected chi connectivity index (χ2v) is 6.37. The minimum atomic E-state index is -1.15. The van der Waals surface area contributed by atoms with Gasteiger partial charge in [0.2, 0.25) is 0 Å². The predicted octanol–water partition coefficient (Wildman–Crippen LogP) is 3.21. The first-order valence-electron chi connectivity index (χ1n) is 6.44. The Labute approximate surface area is 145 Å². The van der Waals surface area contributed by atoms with E-state index in [-0.39, 0.29) is 9.90 Å². The molecule has 1 aromatic heterocycles. The number of ether oxygens (including phenoxy) is 1. The Balaban J connectivity index is 2.16. The largest absolute Gasteiger partial charge is 0.448 e. The molecular formula is C14H12Cl2N2O4S. The molecule has 0 aliphatic rings. The number of nitrogens with one attached hydrogen (secondary N) is 2. The number of halogens is 2. The Morgan fingerprint density at radius 2 is 1.96 bits per heavy atom. The van der Waals surface area contributed by atoms with Gasteiger partial charge in [0.25, 0.3) is 5.91 Å². The van der Waals surface area contributed by atoms with Crippen molar-refractivity contribution in [3.8, 4) is 0 Å². The molecule has 0 aliphatic heterocycles. The van der Waals surface area contributed by atoms with Crippen molar-refractivity contribution in [2.24, 2.45) is 0 Å². The van der Waals surface area contributed by atoms with Crippen LogP contribution in [-0.2, 0) is 9.53 Å². The van der Waals surface area contributed by atoms with E-state index >= 15 is 0 Å². The van der Waals surface area contributed by atoms with Gasteiger partial charge in [-0.2, -0.15) is 0 Å². The average Bonchev–Trinajstić information content (AvgIpc) is 2.83. The van der Waals surface area contributed by atoms with E-state index in [0.29, 0.717) is 10.4 Å². The van der Waals surface area contributed by atoms with E-state index in [9.17, 15) is 14.4 Å². The van der Waals surface area contributed by atoms with Crippen LogP contribution in [0.4, 0.5) is 4.79 Å². The summed E-state index contributed by atoms with van der Waals surface area (Å²) in [5.41, 5.74) is 0.